The summed E-state index contributed by atoms with van der Waals surface area (Å²) in [4.78, 5) is -0.553. The molecule has 3 nitrogen and oxygen atoms in total. The third kappa shape index (κ3) is 4.51. The summed E-state index contributed by atoms with van der Waals surface area (Å²) >= 11 is 5.71. The predicted molar refractivity (Wildman–Crippen MR) is 66.1 cm³/mol. The molecule has 1 aromatic carbocycles. The van der Waals surface area contributed by atoms with Gasteiger partial charge in [0.05, 0.1) is 0 Å². The summed E-state index contributed by atoms with van der Waals surface area (Å²) in [6.45, 7) is 1.96. The van der Waals surface area contributed by atoms with Gasteiger partial charge in [-0.1, -0.05) is 0 Å². The highest BCUT2D eigenvalue weighted by Gasteiger charge is 2.18. The lowest BCUT2D eigenvalue weighted by molar-refractivity contribution is 0.541. The number of rotatable bonds is 6. The van der Waals surface area contributed by atoms with E-state index in [1.54, 1.807) is 6.92 Å². The first-order valence-corrected chi connectivity index (χ1v) is 7.33. The van der Waals surface area contributed by atoms with Gasteiger partial charge in [-0.15, -0.1) is 11.6 Å². The zero-order chi connectivity index (χ0) is 13.8. The minimum atomic E-state index is -3.94. The van der Waals surface area contributed by atoms with Crippen LogP contribution in [0.2, 0.25) is 0 Å². The first kappa shape index (κ1) is 15.3. The van der Waals surface area contributed by atoms with Crippen molar-refractivity contribution >= 4 is 21.6 Å². The monoisotopic (exact) mass is 297 g/mol. The molecule has 7 heteroatoms. The summed E-state index contributed by atoms with van der Waals surface area (Å²) in [7, 11) is -3.94. The molecule has 1 atom stereocenters. The summed E-state index contributed by atoms with van der Waals surface area (Å²) in [6.07, 6.45) is 1.20. The molecular weight excluding hydrogens is 284 g/mol. The Hall–Kier alpha value is -0.720. The molecule has 0 heterocycles. The normalized spacial score (nSPS) is 13.6. The molecule has 0 aliphatic rings. The molecule has 0 aliphatic carbocycles. The smallest absolute Gasteiger partial charge is 0.211 e. The Morgan fingerprint density at radius 3 is 2.61 bits per heavy atom. The molecule has 0 saturated carbocycles. The summed E-state index contributed by atoms with van der Waals surface area (Å²) in [5.74, 6) is -1.92. The molecule has 0 amide bonds. The van der Waals surface area contributed by atoms with Gasteiger partial charge in [-0.05, 0) is 31.9 Å². The Kier molecular flexibility index (Phi) is 5.49. The Balaban J connectivity index is 2.69. The van der Waals surface area contributed by atoms with Crippen molar-refractivity contribution in [3.05, 3.63) is 29.8 Å². The third-order valence-electron chi connectivity index (χ3n) is 2.25. The van der Waals surface area contributed by atoms with Crippen LogP contribution in [0, 0.1) is 11.6 Å². The number of hydrogen-bond acceptors (Lipinski definition) is 2. The lowest BCUT2D eigenvalue weighted by atomic mass is 10.2. The van der Waals surface area contributed by atoms with E-state index < -0.39 is 26.6 Å². The molecular formula is C11H14ClF2NO2S. The minimum Gasteiger partial charge on any atom is -0.211 e. The molecule has 1 N–H and O–H groups in total. The molecule has 102 valence electrons. The number of halogens is 3. The van der Waals surface area contributed by atoms with Gasteiger partial charge in [-0.3, -0.25) is 0 Å². The molecule has 0 spiro atoms. The SMILES string of the molecule is CC(Cl)CCCNS(=O)(=O)c1ccc(F)cc1F. The average Bonchev–Trinajstić information content (AvgIpc) is 2.23. The van der Waals surface area contributed by atoms with E-state index >= 15 is 0 Å². The second kappa shape index (κ2) is 6.45. The van der Waals surface area contributed by atoms with E-state index in [0.29, 0.717) is 18.9 Å². The highest BCUT2D eigenvalue weighted by Crippen LogP contribution is 2.15. The third-order valence-corrected chi connectivity index (χ3v) is 3.97. The molecule has 0 fully saturated rings. The van der Waals surface area contributed by atoms with E-state index in [1.165, 1.54) is 0 Å². The van der Waals surface area contributed by atoms with Gasteiger partial charge in [0.15, 0.2) is 0 Å². The fraction of sp³-hybridized carbons (Fsp3) is 0.455. The maximum absolute atomic E-state index is 13.3. The second-order valence-electron chi connectivity index (χ2n) is 3.90. The zero-order valence-corrected chi connectivity index (χ0v) is 11.4. The van der Waals surface area contributed by atoms with Crippen LogP contribution in [0.15, 0.2) is 23.1 Å². The predicted octanol–water partition coefficient (Wildman–Crippen LogP) is 2.65. The molecule has 0 saturated heterocycles. The summed E-state index contributed by atoms with van der Waals surface area (Å²) in [5.41, 5.74) is 0. The van der Waals surface area contributed by atoms with Crippen LogP contribution in [0.25, 0.3) is 0 Å². The van der Waals surface area contributed by atoms with E-state index in [-0.39, 0.29) is 11.9 Å². The van der Waals surface area contributed by atoms with E-state index in [4.69, 9.17) is 11.6 Å². The highest BCUT2D eigenvalue weighted by atomic mass is 35.5. The molecule has 0 bridgehead atoms. The van der Waals surface area contributed by atoms with Crippen LogP contribution >= 0.6 is 11.6 Å². The molecule has 0 radical (unpaired) electrons. The topological polar surface area (TPSA) is 46.2 Å². The highest BCUT2D eigenvalue weighted by molar-refractivity contribution is 7.89. The number of nitrogens with one attached hydrogen (secondary N) is 1. The van der Waals surface area contributed by atoms with Gasteiger partial charge in [0.1, 0.15) is 16.5 Å². The lowest BCUT2D eigenvalue weighted by Crippen LogP contribution is -2.26. The van der Waals surface area contributed by atoms with Crippen LogP contribution in [-0.4, -0.2) is 20.3 Å². The molecule has 0 aromatic heterocycles. The first-order valence-electron chi connectivity index (χ1n) is 5.41. The van der Waals surface area contributed by atoms with E-state index in [0.717, 1.165) is 12.1 Å². The van der Waals surface area contributed by atoms with Crippen LogP contribution < -0.4 is 4.72 Å². The molecule has 18 heavy (non-hydrogen) atoms. The molecule has 1 unspecified atom stereocenters. The fourth-order valence-corrected chi connectivity index (χ4v) is 2.65. The maximum Gasteiger partial charge on any atom is 0.243 e. The van der Waals surface area contributed by atoms with Crippen LogP contribution in [0.5, 0.6) is 0 Å². The van der Waals surface area contributed by atoms with Crippen LogP contribution in [0.3, 0.4) is 0 Å². The average molecular weight is 298 g/mol. The lowest BCUT2D eigenvalue weighted by Gasteiger charge is -2.08. The fourth-order valence-electron chi connectivity index (χ4n) is 1.36. The Labute approximate surface area is 110 Å². The molecule has 1 rings (SSSR count). The van der Waals surface area contributed by atoms with E-state index in [1.807, 2.05) is 0 Å². The maximum atomic E-state index is 13.3. The van der Waals surface area contributed by atoms with Gasteiger partial charge in [0.25, 0.3) is 0 Å². The van der Waals surface area contributed by atoms with Crippen molar-refractivity contribution in [2.75, 3.05) is 6.54 Å². The number of alkyl halides is 1. The van der Waals surface area contributed by atoms with Crippen LogP contribution in [0.1, 0.15) is 19.8 Å². The van der Waals surface area contributed by atoms with Gasteiger partial charge in [-0.25, -0.2) is 21.9 Å². The first-order chi connectivity index (χ1) is 8.33. The van der Waals surface area contributed by atoms with Gasteiger partial charge < -0.3 is 0 Å². The van der Waals surface area contributed by atoms with E-state index in [9.17, 15) is 17.2 Å². The van der Waals surface area contributed by atoms with Crippen LogP contribution in [-0.2, 0) is 10.0 Å². The standard InChI is InChI=1S/C11H14ClF2NO2S/c1-8(12)3-2-6-15-18(16,17)11-5-4-9(13)7-10(11)14/h4-5,7-8,15H,2-3,6H2,1H3. The number of hydrogen-bond donors (Lipinski definition) is 1. The van der Waals surface area contributed by atoms with Crippen molar-refractivity contribution in [1.82, 2.24) is 4.72 Å². The quantitative estimate of drug-likeness (QED) is 0.648. The van der Waals surface area contributed by atoms with Crippen molar-refractivity contribution in [1.29, 1.82) is 0 Å². The Bertz CT molecular complexity index is 506. The molecule has 1 aromatic rings. The Morgan fingerprint density at radius 2 is 2.06 bits per heavy atom. The van der Waals surface area contributed by atoms with Gasteiger partial charge in [0.2, 0.25) is 10.0 Å². The van der Waals surface area contributed by atoms with Gasteiger partial charge >= 0.3 is 0 Å². The van der Waals surface area contributed by atoms with E-state index in [2.05, 4.69) is 4.72 Å². The summed E-state index contributed by atoms with van der Waals surface area (Å²) in [5, 5.41) is -0.0444. The summed E-state index contributed by atoms with van der Waals surface area (Å²) < 4.78 is 51.6. The summed E-state index contributed by atoms with van der Waals surface area (Å²) in [6, 6.07) is 2.34. The zero-order valence-electron chi connectivity index (χ0n) is 9.79. The van der Waals surface area contributed by atoms with Crippen molar-refractivity contribution in [3.63, 3.8) is 0 Å². The second-order valence-corrected chi connectivity index (χ2v) is 6.38. The number of benzene rings is 1. The van der Waals surface area contributed by atoms with Crippen molar-refractivity contribution in [3.8, 4) is 0 Å². The minimum absolute atomic E-state index is 0.0444. The van der Waals surface area contributed by atoms with Crippen LogP contribution in [0.4, 0.5) is 8.78 Å². The van der Waals surface area contributed by atoms with Crippen molar-refractivity contribution in [2.45, 2.75) is 30.0 Å². The largest absolute Gasteiger partial charge is 0.243 e. The van der Waals surface area contributed by atoms with Crippen molar-refractivity contribution < 1.29 is 17.2 Å². The molecule has 0 aliphatic heterocycles. The van der Waals surface area contributed by atoms with Gasteiger partial charge in [0, 0.05) is 18.0 Å². The van der Waals surface area contributed by atoms with Crippen molar-refractivity contribution in [2.24, 2.45) is 0 Å². The Morgan fingerprint density at radius 1 is 1.39 bits per heavy atom. The van der Waals surface area contributed by atoms with Gasteiger partial charge in [-0.2, -0.15) is 0 Å². The number of sulfonamides is 1.